The topological polar surface area (TPSA) is 22.1 Å². The number of aromatic nitrogens is 1. The summed E-state index contributed by atoms with van der Waals surface area (Å²) in [4.78, 5) is 3.72. The molecule has 0 aromatic carbocycles. The third-order valence-corrected chi connectivity index (χ3v) is 2.49. The van der Waals surface area contributed by atoms with E-state index in [-0.39, 0.29) is 5.88 Å². The number of rotatable bonds is 4. The van der Waals surface area contributed by atoms with E-state index < -0.39 is 6.61 Å². The molecule has 0 bridgehead atoms. The summed E-state index contributed by atoms with van der Waals surface area (Å²) >= 11 is 0. The van der Waals surface area contributed by atoms with Crippen LogP contribution in [0.5, 0.6) is 5.88 Å². The van der Waals surface area contributed by atoms with E-state index in [9.17, 15) is 8.78 Å². The summed E-state index contributed by atoms with van der Waals surface area (Å²) in [7, 11) is 0. The van der Waals surface area contributed by atoms with Crippen LogP contribution in [0.2, 0.25) is 0 Å². The van der Waals surface area contributed by atoms with E-state index in [1.165, 1.54) is 6.20 Å². The van der Waals surface area contributed by atoms with Crippen LogP contribution in [0, 0.1) is 5.92 Å². The predicted octanol–water partition coefficient (Wildman–Crippen LogP) is 3.44. The van der Waals surface area contributed by atoms with Gasteiger partial charge in [0.15, 0.2) is 0 Å². The first-order chi connectivity index (χ1) is 7.00. The number of pyridine rings is 1. The molecule has 1 heterocycles. The summed E-state index contributed by atoms with van der Waals surface area (Å²) in [6.07, 6.45) is 1.49. The van der Waals surface area contributed by atoms with Gasteiger partial charge in [-0.05, 0) is 23.5 Å². The van der Waals surface area contributed by atoms with Crippen LogP contribution < -0.4 is 4.74 Å². The van der Waals surface area contributed by atoms with Gasteiger partial charge in [-0.3, -0.25) is 0 Å². The fraction of sp³-hybridized carbons (Fsp3) is 0.545. The quantitative estimate of drug-likeness (QED) is 0.767. The van der Waals surface area contributed by atoms with Crippen LogP contribution >= 0.6 is 0 Å². The second-order valence-corrected chi connectivity index (χ2v) is 3.84. The Hall–Kier alpha value is -1.19. The normalized spacial score (nSPS) is 13.3. The van der Waals surface area contributed by atoms with E-state index in [1.807, 2.05) is 13.0 Å². The Labute approximate surface area is 88.3 Å². The minimum atomic E-state index is -2.82. The van der Waals surface area contributed by atoms with Gasteiger partial charge in [-0.25, -0.2) is 4.98 Å². The molecule has 84 valence electrons. The van der Waals surface area contributed by atoms with Crippen molar-refractivity contribution in [1.82, 2.24) is 4.98 Å². The van der Waals surface area contributed by atoms with Gasteiger partial charge >= 0.3 is 6.61 Å². The van der Waals surface area contributed by atoms with Gasteiger partial charge in [0, 0.05) is 12.3 Å². The highest BCUT2D eigenvalue weighted by Gasteiger charge is 2.12. The van der Waals surface area contributed by atoms with Crippen molar-refractivity contribution in [3.05, 3.63) is 23.9 Å². The van der Waals surface area contributed by atoms with E-state index in [0.717, 1.165) is 5.56 Å². The predicted molar refractivity (Wildman–Crippen MR) is 54.1 cm³/mol. The van der Waals surface area contributed by atoms with Crippen molar-refractivity contribution in [2.24, 2.45) is 5.92 Å². The minimum Gasteiger partial charge on any atom is -0.417 e. The molecule has 0 aliphatic carbocycles. The maximum atomic E-state index is 11.9. The van der Waals surface area contributed by atoms with Gasteiger partial charge in [0.2, 0.25) is 5.88 Å². The molecule has 15 heavy (non-hydrogen) atoms. The molecule has 4 heteroatoms. The lowest BCUT2D eigenvalue weighted by Gasteiger charge is -2.16. The molecule has 0 amide bonds. The Bertz CT molecular complexity index is 315. The zero-order chi connectivity index (χ0) is 11.4. The number of halogens is 2. The standard InChI is InChI=1S/C11H15F2NO/c1-7(2)8(3)9-4-5-14-10(6-9)15-11(12)13/h4-8,11H,1-3H3. The third kappa shape index (κ3) is 3.46. The molecule has 0 saturated carbocycles. The first kappa shape index (κ1) is 11.9. The molecule has 0 radical (unpaired) electrons. The van der Waals surface area contributed by atoms with Crippen LogP contribution in [0.15, 0.2) is 18.3 Å². The molecule has 1 aromatic heterocycles. The maximum absolute atomic E-state index is 11.9. The number of hydrogen-bond acceptors (Lipinski definition) is 2. The first-order valence-electron chi connectivity index (χ1n) is 4.91. The van der Waals surface area contributed by atoms with E-state index in [0.29, 0.717) is 11.8 Å². The van der Waals surface area contributed by atoms with Crippen molar-refractivity contribution < 1.29 is 13.5 Å². The lowest BCUT2D eigenvalue weighted by atomic mass is 9.91. The lowest BCUT2D eigenvalue weighted by molar-refractivity contribution is -0.0529. The van der Waals surface area contributed by atoms with Gasteiger partial charge < -0.3 is 4.74 Å². The number of nitrogens with zero attached hydrogens (tertiary/aromatic N) is 1. The van der Waals surface area contributed by atoms with E-state index >= 15 is 0 Å². The molecule has 0 aliphatic heterocycles. The van der Waals surface area contributed by atoms with Crippen molar-refractivity contribution in [2.75, 3.05) is 0 Å². The summed E-state index contributed by atoms with van der Waals surface area (Å²) in [5, 5.41) is 0. The van der Waals surface area contributed by atoms with Crippen molar-refractivity contribution >= 4 is 0 Å². The highest BCUT2D eigenvalue weighted by atomic mass is 19.3. The van der Waals surface area contributed by atoms with E-state index in [4.69, 9.17) is 0 Å². The summed E-state index contributed by atoms with van der Waals surface area (Å²) < 4.78 is 28.1. The van der Waals surface area contributed by atoms with Crippen LogP contribution in [0.25, 0.3) is 0 Å². The Morgan fingerprint density at radius 3 is 2.47 bits per heavy atom. The van der Waals surface area contributed by atoms with Gasteiger partial charge in [0.05, 0.1) is 0 Å². The highest BCUT2D eigenvalue weighted by Crippen LogP contribution is 2.25. The summed E-state index contributed by atoms with van der Waals surface area (Å²) in [6, 6.07) is 3.39. The van der Waals surface area contributed by atoms with Gasteiger partial charge in [-0.1, -0.05) is 20.8 Å². The van der Waals surface area contributed by atoms with E-state index in [1.54, 1.807) is 6.07 Å². The molecule has 0 spiro atoms. The Kier molecular flexibility index (Phi) is 4.00. The zero-order valence-corrected chi connectivity index (χ0v) is 9.08. The van der Waals surface area contributed by atoms with Crippen LogP contribution in [-0.2, 0) is 0 Å². The molecule has 1 unspecified atom stereocenters. The van der Waals surface area contributed by atoms with E-state index in [2.05, 4.69) is 23.6 Å². The van der Waals surface area contributed by atoms with Gasteiger partial charge in [-0.15, -0.1) is 0 Å². The first-order valence-corrected chi connectivity index (χ1v) is 4.91. The molecule has 1 aromatic rings. The average Bonchev–Trinajstić information content (AvgIpc) is 2.16. The monoisotopic (exact) mass is 215 g/mol. The van der Waals surface area contributed by atoms with Crippen molar-refractivity contribution in [1.29, 1.82) is 0 Å². The minimum absolute atomic E-state index is 0.0185. The lowest BCUT2D eigenvalue weighted by Crippen LogP contribution is -2.06. The fourth-order valence-corrected chi connectivity index (χ4v) is 1.25. The zero-order valence-electron chi connectivity index (χ0n) is 9.08. The van der Waals surface area contributed by atoms with Gasteiger partial charge in [-0.2, -0.15) is 8.78 Å². The average molecular weight is 215 g/mol. The third-order valence-electron chi connectivity index (χ3n) is 2.49. The van der Waals surface area contributed by atoms with Crippen molar-refractivity contribution in [3.63, 3.8) is 0 Å². The van der Waals surface area contributed by atoms with Crippen LogP contribution in [0.1, 0.15) is 32.3 Å². The Morgan fingerprint density at radius 1 is 1.27 bits per heavy atom. The number of ether oxygens (including phenoxy) is 1. The largest absolute Gasteiger partial charge is 0.417 e. The molecule has 0 saturated heterocycles. The Morgan fingerprint density at radius 2 is 1.93 bits per heavy atom. The van der Waals surface area contributed by atoms with Crippen LogP contribution in [0.3, 0.4) is 0 Å². The van der Waals surface area contributed by atoms with Crippen LogP contribution in [0.4, 0.5) is 8.78 Å². The molecule has 1 rings (SSSR count). The summed E-state index contributed by atoms with van der Waals surface area (Å²) in [5.41, 5.74) is 0.968. The number of hydrogen-bond donors (Lipinski definition) is 0. The molecule has 1 atom stereocenters. The summed E-state index contributed by atoms with van der Waals surface area (Å²) in [6.45, 7) is 3.39. The second kappa shape index (κ2) is 5.05. The SMILES string of the molecule is CC(C)C(C)c1ccnc(OC(F)F)c1. The van der Waals surface area contributed by atoms with Crippen molar-refractivity contribution in [3.8, 4) is 5.88 Å². The molecule has 0 fully saturated rings. The van der Waals surface area contributed by atoms with Crippen molar-refractivity contribution in [2.45, 2.75) is 33.3 Å². The summed E-state index contributed by atoms with van der Waals surface area (Å²) in [5.74, 6) is 0.731. The highest BCUT2D eigenvalue weighted by molar-refractivity contribution is 5.23. The molecule has 0 N–H and O–H groups in total. The smallest absolute Gasteiger partial charge is 0.388 e. The number of alkyl halides is 2. The molecular weight excluding hydrogens is 200 g/mol. The molecule has 2 nitrogen and oxygen atoms in total. The Balaban J connectivity index is 2.82. The van der Waals surface area contributed by atoms with Gasteiger partial charge in [0.25, 0.3) is 0 Å². The second-order valence-electron chi connectivity index (χ2n) is 3.84. The molecule has 0 aliphatic rings. The molecular formula is C11H15F2NO. The van der Waals surface area contributed by atoms with Crippen LogP contribution in [-0.4, -0.2) is 11.6 Å². The van der Waals surface area contributed by atoms with Gasteiger partial charge in [0.1, 0.15) is 0 Å². The maximum Gasteiger partial charge on any atom is 0.388 e. The fourth-order valence-electron chi connectivity index (χ4n) is 1.25.